The first-order valence-electron chi connectivity index (χ1n) is 9.78. The minimum Gasteiger partial charge on any atom is -0.335 e. The van der Waals surface area contributed by atoms with Crippen LogP contribution in [0.5, 0.6) is 0 Å². The smallest absolute Gasteiger partial charge is 0.228 e. The number of hydrogen-bond acceptors (Lipinski definition) is 2. The zero-order chi connectivity index (χ0) is 19.0. The summed E-state index contributed by atoms with van der Waals surface area (Å²) in [6, 6.07) is 16.4. The third-order valence-corrected chi connectivity index (χ3v) is 6.06. The van der Waals surface area contributed by atoms with E-state index in [0.29, 0.717) is 13.0 Å². The van der Waals surface area contributed by atoms with E-state index in [4.69, 9.17) is 0 Å². The van der Waals surface area contributed by atoms with Crippen molar-refractivity contribution < 1.29 is 9.59 Å². The van der Waals surface area contributed by atoms with Gasteiger partial charge < -0.3 is 9.80 Å². The first-order chi connectivity index (χ1) is 13.1. The number of rotatable bonds is 3. The van der Waals surface area contributed by atoms with E-state index >= 15 is 0 Å². The van der Waals surface area contributed by atoms with Gasteiger partial charge in [0.05, 0.1) is 12.0 Å². The van der Waals surface area contributed by atoms with Gasteiger partial charge in [0.2, 0.25) is 11.8 Å². The molecule has 2 unspecified atom stereocenters. The van der Waals surface area contributed by atoms with Gasteiger partial charge in [-0.1, -0.05) is 42.5 Å². The van der Waals surface area contributed by atoms with Gasteiger partial charge in [-0.2, -0.15) is 0 Å². The molecule has 2 saturated heterocycles. The summed E-state index contributed by atoms with van der Waals surface area (Å²) in [5, 5.41) is 0. The molecule has 4 nitrogen and oxygen atoms in total. The Morgan fingerprint density at radius 1 is 1.04 bits per heavy atom. The van der Waals surface area contributed by atoms with E-state index in [1.807, 2.05) is 42.2 Å². The van der Waals surface area contributed by atoms with Crippen LogP contribution < -0.4 is 4.90 Å². The van der Waals surface area contributed by atoms with Gasteiger partial charge in [0.25, 0.3) is 0 Å². The molecule has 0 N–H and O–H groups in total. The van der Waals surface area contributed by atoms with Crippen LogP contribution in [0.25, 0.3) is 0 Å². The summed E-state index contributed by atoms with van der Waals surface area (Å²) in [6.07, 6.45) is 2.33. The van der Waals surface area contributed by atoms with Gasteiger partial charge in [-0.25, -0.2) is 0 Å². The maximum atomic E-state index is 13.3. The van der Waals surface area contributed by atoms with Gasteiger partial charge in [-0.05, 0) is 49.4 Å². The first kappa shape index (κ1) is 17.8. The number of likely N-dealkylation sites (tertiary alicyclic amines) is 1. The van der Waals surface area contributed by atoms with Crippen LogP contribution in [-0.4, -0.2) is 29.8 Å². The largest absolute Gasteiger partial charge is 0.335 e. The minimum absolute atomic E-state index is 0.0532. The molecule has 2 aromatic carbocycles. The van der Waals surface area contributed by atoms with Crippen LogP contribution in [-0.2, 0) is 9.59 Å². The van der Waals surface area contributed by atoms with Gasteiger partial charge in [0, 0.05) is 25.2 Å². The molecular formula is C23H26N2O2. The molecule has 0 radical (unpaired) electrons. The summed E-state index contributed by atoms with van der Waals surface area (Å²) in [6.45, 7) is 5.36. The monoisotopic (exact) mass is 362 g/mol. The maximum Gasteiger partial charge on any atom is 0.228 e. The number of nitrogens with zero attached hydrogens (tertiary/aromatic N) is 2. The third-order valence-electron chi connectivity index (χ3n) is 6.06. The highest BCUT2D eigenvalue weighted by atomic mass is 16.2. The van der Waals surface area contributed by atoms with Crippen molar-refractivity contribution in [1.29, 1.82) is 0 Å². The number of amides is 2. The van der Waals surface area contributed by atoms with Crippen molar-refractivity contribution >= 4 is 17.5 Å². The van der Waals surface area contributed by atoms with Crippen molar-refractivity contribution in [2.45, 2.75) is 39.2 Å². The standard InChI is InChI=1S/C23H26N2O2/c1-16-8-6-11-20(17(16)2)25-15-19(14-22(25)26)23(27)24-13-7-12-21(24)18-9-4-3-5-10-18/h3-6,8-11,19,21H,7,12-15H2,1-2H3. The van der Waals surface area contributed by atoms with Gasteiger partial charge in [-0.15, -0.1) is 0 Å². The fourth-order valence-electron chi connectivity index (χ4n) is 4.42. The fraction of sp³-hybridized carbons (Fsp3) is 0.391. The SMILES string of the molecule is Cc1cccc(N2CC(C(=O)N3CCCC3c3ccccc3)CC2=O)c1C. The Labute approximate surface area is 160 Å². The molecule has 2 aromatic rings. The van der Waals surface area contributed by atoms with Crippen molar-refractivity contribution in [3.8, 4) is 0 Å². The number of carbonyl (C=O) groups excluding carboxylic acids is 2. The van der Waals surface area contributed by atoms with E-state index in [-0.39, 0.29) is 23.8 Å². The topological polar surface area (TPSA) is 40.6 Å². The quantitative estimate of drug-likeness (QED) is 0.827. The Balaban J connectivity index is 1.53. The normalized spacial score (nSPS) is 22.5. The summed E-state index contributed by atoms with van der Waals surface area (Å²) >= 11 is 0. The van der Waals surface area contributed by atoms with Crippen LogP contribution in [0.15, 0.2) is 48.5 Å². The fourth-order valence-corrected chi connectivity index (χ4v) is 4.42. The molecule has 2 aliphatic heterocycles. The van der Waals surface area contributed by atoms with E-state index in [2.05, 4.69) is 25.1 Å². The van der Waals surface area contributed by atoms with E-state index in [1.54, 1.807) is 4.90 Å². The van der Waals surface area contributed by atoms with Gasteiger partial charge in [-0.3, -0.25) is 9.59 Å². The van der Waals surface area contributed by atoms with E-state index in [9.17, 15) is 9.59 Å². The van der Waals surface area contributed by atoms with E-state index in [1.165, 1.54) is 11.1 Å². The average Bonchev–Trinajstić information content (AvgIpc) is 3.31. The van der Waals surface area contributed by atoms with Crippen LogP contribution in [0.1, 0.15) is 42.0 Å². The van der Waals surface area contributed by atoms with Crippen molar-refractivity contribution in [2.75, 3.05) is 18.0 Å². The maximum absolute atomic E-state index is 13.3. The molecule has 0 bridgehead atoms. The molecule has 27 heavy (non-hydrogen) atoms. The molecule has 2 heterocycles. The molecule has 2 fully saturated rings. The molecule has 0 saturated carbocycles. The van der Waals surface area contributed by atoms with Crippen molar-refractivity contribution in [1.82, 2.24) is 4.90 Å². The molecule has 4 rings (SSSR count). The highest BCUT2D eigenvalue weighted by Gasteiger charge is 2.40. The second-order valence-electron chi connectivity index (χ2n) is 7.72. The van der Waals surface area contributed by atoms with Crippen molar-refractivity contribution in [3.63, 3.8) is 0 Å². The number of aryl methyl sites for hydroxylation is 1. The van der Waals surface area contributed by atoms with Gasteiger partial charge >= 0.3 is 0 Å². The van der Waals surface area contributed by atoms with Crippen LogP contribution in [0.3, 0.4) is 0 Å². The molecule has 0 spiro atoms. The van der Waals surface area contributed by atoms with Gasteiger partial charge in [0.1, 0.15) is 0 Å². The molecule has 2 atom stereocenters. The Morgan fingerprint density at radius 3 is 2.59 bits per heavy atom. The second-order valence-corrected chi connectivity index (χ2v) is 7.72. The van der Waals surface area contributed by atoms with E-state index in [0.717, 1.165) is 30.6 Å². The lowest BCUT2D eigenvalue weighted by Crippen LogP contribution is -2.37. The summed E-state index contributed by atoms with van der Waals surface area (Å²) in [5.41, 5.74) is 4.41. The summed E-state index contributed by atoms with van der Waals surface area (Å²) in [5.74, 6) is -0.0678. The molecule has 4 heteroatoms. The Bertz CT molecular complexity index is 862. The van der Waals surface area contributed by atoms with Crippen LogP contribution >= 0.6 is 0 Å². The number of anilines is 1. The number of benzene rings is 2. The van der Waals surface area contributed by atoms with Crippen LogP contribution in [0.4, 0.5) is 5.69 Å². The zero-order valence-electron chi connectivity index (χ0n) is 16.0. The average molecular weight is 362 g/mol. The number of carbonyl (C=O) groups is 2. The summed E-state index contributed by atoms with van der Waals surface area (Å²) < 4.78 is 0. The molecule has 0 aromatic heterocycles. The second kappa shape index (κ2) is 7.18. The molecule has 140 valence electrons. The lowest BCUT2D eigenvalue weighted by Gasteiger charge is -2.28. The predicted octanol–water partition coefficient (Wildman–Crippen LogP) is 4.02. The highest BCUT2D eigenvalue weighted by Crippen LogP contribution is 2.36. The zero-order valence-corrected chi connectivity index (χ0v) is 16.0. The summed E-state index contributed by atoms with van der Waals surface area (Å²) in [4.78, 5) is 29.7. The highest BCUT2D eigenvalue weighted by molar-refractivity contribution is 6.01. The minimum atomic E-state index is -0.248. The Hall–Kier alpha value is -2.62. The van der Waals surface area contributed by atoms with Crippen LogP contribution in [0, 0.1) is 19.8 Å². The molecule has 0 aliphatic carbocycles. The van der Waals surface area contributed by atoms with Crippen molar-refractivity contribution in [2.24, 2.45) is 5.92 Å². The Morgan fingerprint density at radius 2 is 1.81 bits per heavy atom. The Kier molecular flexibility index (Phi) is 4.73. The molecule has 2 aliphatic rings. The lowest BCUT2D eigenvalue weighted by atomic mass is 10.0. The van der Waals surface area contributed by atoms with Crippen molar-refractivity contribution in [3.05, 3.63) is 65.2 Å². The lowest BCUT2D eigenvalue weighted by molar-refractivity contribution is -0.136. The molecular weight excluding hydrogens is 336 g/mol. The van der Waals surface area contributed by atoms with E-state index < -0.39 is 0 Å². The number of hydrogen-bond donors (Lipinski definition) is 0. The van der Waals surface area contributed by atoms with Crippen LogP contribution in [0.2, 0.25) is 0 Å². The van der Waals surface area contributed by atoms with Gasteiger partial charge in [0.15, 0.2) is 0 Å². The first-order valence-corrected chi connectivity index (χ1v) is 9.78. The molecule has 2 amide bonds. The predicted molar refractivity (Wildman–Crippen MR) is 107 cm³/mol. The third kappa shape index (κ3) is 3.25. The summed E-state index contributed by atoms with van der Waals surface area (Å²) in [7, 11) is 0.